The van der Waals surface area contributed by atoms with Crippen LogP contribution < -0.4 is 59.1 Å². The molecule has 0 saturated heterocycles. The summed E-state index contributed by atoms with van der Waals surface area (Å²) in [5.41, 5.74) is 0. The molecular weight excluding hydrogens is 113 g/mol. The third-order valence-electron chi connectivity index (χ3n) is 0. The van der Waals surface area contributed by atoms with E-state index in [0.717, 1.165) is 0 Å². The van der Waals surface area contributed by atoms with Gasteiger partial charge < -0.3 is 5.71 Å². The largest absolute Gasteiger partial charge is 2.00 e. The molecule has 0 saturated carbocycles. The molecule has 0 heterocycles. The zero-order valence-corrected chi connectivity index (χ0v) is 8.92. The molecule has 0 atom stereocenters. The van der Waals surface area contributed by atoms with Crippen LogP contribution in [0.2, 0.25) is 0 Å². The quantitative estimate of drug-likeness (QED) is 0.279. The van der Waals surface area contributed by atoms with Crippen molar-refractivity contribution in [2.24, 2.45) is 0 Å². The van der Waals surface area contributed by atoms with Crippen molar-refractivity contribution in [3.05, 3.63) is 0 Å². The van der Waals surface area contributed by atoms with Crippen molar-refractivity contribution in [1.82, 2.24) is 0 Å². The third kappa shape index (κ3) is 9.25. The van der Waals surface area contributed by atoms with Crippen LogP contribution in [0.25, 0.3) is 0 Å². The zero-order valence-electron chi connectivity index (χ0n) is 6.71. The van der Waals surface area contributed by atoms with Crippen LogP contribution in [0.1, 0.15) is 5.71 Å². The molecule has 0 fully saturated rings. The summed E-state index contributed by atoms with van der Waals surface area (Å²) < 4.78 is 0. The fraction of sp³-hybridized carbons (Fsp3) is 0. The van der Waals surface area contributed by atoms with Gasteiger partial charge in [0.05, 0.1) is 0 Å². The molecule has 0 nitrogen and oxygen atoms in total. The first kappa shape index (κ1) is 25.0. The minimum absolute atomic E-state index is 0. The molecule has 0 aliphatic carbocycles. The van der Waals surface area contributed by atoms with E-state index in [1.807, 2.05) is 0 Å². The van der Waals surface area contributed by atoms with Crippen molar-refractivity contribution < 1.29 is 64.8 Å². The fourth-order valence-electron chi connectivity index (χ4n) is 0. The van der Waals surface area contributed by atoms with Gasteiger partial charge in [0.1, 0.15) is 0 Å². The maximum absolute atomic E-state index is 0. The van der Waals surface area contributed by atoms with Crippen LogP contribution in [0.15, 0.2) is 0 Å². The molecule has 0 aromatic heterocycles. The molecule has 0 aromatic carbocycles. The minimum Gasteiger partial charge on any atom is -1.00 e. The second kappa shape index (κ2) is 15.8. The summed E-state index contributed by atoms with van der Waals surface area (Å²) >= 11 is 0. The smallest absolute Gasteiger partial charge is 1.00 e. The Kier molecular flexibility index (Phi) is 99.0. The number of hydrogen-bond acceptors (Lipinski definition) is 0. The molecule has 4 heavy (non-hydrogen) atoms. The van der Waals surface area contributed by atoms with Gasteiger partial charge in [-0.1, -0.05) is 0 Å². The molecule has 0 spiro atoms. The van der Waals surface area contributed by atoms with E-state index in [4.69, 9.17) is 0 Å². The first-order valence-corrected chi connectivity index (χ1v) is 0. The second-order valence-electron chi connectivity index (χ2n) is 0. The van der Waals surface area contributed by atoms with Crippen LogP contribution in [-0.2, 0) is 0 Å². The summed E-state index contributed by atoms with van der Waals surface area (Å²) in [4.78, 5) is 0. The Morgan fingerprint density at radius 2 is 1.00 bits per heavy atom. The van der Waals surface area contributed by atoms with E-state index in [1.54, 1.807) is 0 Å². The van der Waals surface area contributed by atoms with Crippen LogP contribution >= 0.6 is 0 Å². The topological polar surface area (TPSA) is 0 Å². The Labute approximate surface area is 117 Å². The molecule has 0 unspecified atom stereocenters. The van der Waals surface area contributed by atoms with Gasteiger partial charge in [-0.15, -0.1) is 0 Å². The van der Waals surface area contributed by atoms with Crippen LogP contribution in [0, 0.1) is 0 Å². The van der Waals surface area contributed by atoms with Crippen molar-refractivity contribution in [2.75, 3.05) is 0 Å². The van der Waals surface area contributed by atoms with Gasteiger partial charge in [-0.25, -0.2) is 0 Å². The van der Waals surface area contributed by atoms with Gasteiger partial charge in [0.25, 0.3) is 0 Å². The summed E-state index contributed by atoms with van der Waals surface area (Å²) in [6, 6.07) is 0. The first-order valence-electron chi connectivity index (χ1n) is 0. The van der Waals surface area contributed by atoms with Crippen molar-refractivity contribution in [3.8, 4) is 0 Å². The predicted octanol–water partition coefficient (Wildman–Crippen LogP) is -7.11. The van der Waals surface area contributed by atoms with Crippen molar-refractivity contribution in [1.29, 1.82) is 0 Å². The van der Waals surface area contributed by atoms with Crippen LogP contribution in [0.3, 0.4) is 0 Å². The molecule has 0 aromatic rings. The van der Waals surface area contributed by atoms with Gasteiger partial charge in [-0.2, -0.15) is 0 Å². The van der Waals surface area contributed by atoms with Crippen LogP contribution in [-0.4, -0.2) is 55.1 Å². The average Bonchev–Trinajstić information content (AvgIpc) is 0. The Hall–Kier alpha value is 3.79. The third-order valence-corrected chi connectivity index (χ3v) is 0. The van der Waals surface area contributed by atoms with Gasteiger partial charge >= 0.3 is 96.9 Å². The SMILES string of the molecule is [AlH3].[Ca+2].[H-].[H-].[H-].[H-].[Na+].[Na+]. The molecule has 0 amide bonds. The summed E-state index contributed by atoms with van der Waals surface area (Å²) in [6.07, 6.45) is 0. The molecule has 4 heteroatoms. The summed E-state index contributed by atoms with van der Waals surface area (Å²) in [5.74, 6) is 0. The van der Waals surface area contributed by atoms with E-state index in [-0.39, 0.29) is 120 Å². The molecule has 0 bridgehead atoms. The Balaban J connectivity index is 0. The second-order valence-corrected chi connectivity index (χ2v) is 0. The minimum atomic E-state index is 0. The molecule has 0 N–H and O–H groups in total. The molecule has 0 radical (unpaired) electrons. The zero-order chi connectivity index (χ0) is 0. The average molecular weight is 120 g/mol. The summed E-state index contributed by atoms with van der Waals surface area (Å²) in [5, 5.41) is 0. The van der Waals surface area contributed by atoms with Gasteiger partial charge in [0.15, 0.2) is 17.4 Å². The van der Waals surface area contributed by atoms with Gasteiger partial charge in [0.2, 0.25) is 0 Å². The normalized spacial score (nSPS) is 0. The monoisotopic (exact) mass is 120 g/mol. The van der Waals surface area contributed by atoms with E-state index in [0.29, 0.717) is 0 Å². The van der Waals surface area contributed by atoms with E-state index in [2.05, 4.69) is 0 Å². The van der Waals surface area contributed by atoms with Crippen LogP contribution in [0.5, 0.6) is 0 Å². The van der Waals surface area contributed by atoms with E-state index < -0.39 is 0 Å². The Morgan fingerprint density at radius 3 is 1.00 bits per heavy atom. The fourth-order valence-corrected chi connectivity index (χ4v) is 0. The van der Waals surface area contributed by atoms with E-state index in [1.165, 1.54) is 0 Å². The van der Waals surface area contributed by atoms with Crippen LogP contribution in [0.4, 0.5) is 0 Å². The molecule has 0 aliphatic heterocycles. The summed E-state index contributed by atoms with van der Waals surface area (Å²) in [7, 11) is 0. The standard InChI is InChI=1S/Al.Ca.2Na.7H/q;+2;2*+1;;;;4*-1. The predicted molar refractivity (Wildman–Crippen MR) is 20.1 cm³/mol. The maximum Gasteiger partial charge on any atom is 2.00 e. The molecule has 0 rings (SSSR count). The van der Waals surface area contributed by atoms with E-state index >= 15 is 0 Å². The number of rotatable bonds is 0. The molecule has 0 aliphatic rings. The molecule has 14 valence electrons. The summed E-state index contributed by atoms with van der Waals surface area (Å²) in [6.45, 7) is 0. The van der Waals surface area contributed by atoms with Gasteiger partial charge in [-0.05, 0) is 0 Å². The first-order chi connectivity index (χ1) is 0. The number of hydrogen-bond donors (Lipinski definition) is 0. The van der Waals surface area contributed by atoms with E-state index in [9.17, 15) is 0 Å². The van der Waals surface area contributed by atoms with Crippen molar-refractivity contribution >= 4 is 55.1 Å². The van der Waals surface area contributed by atoms with Gasteiger partial charge in [0, 0.05) is 0 Å². The maximum atomic E-state index is 0. The molecular formula is H7AlCaNa2. The van der Waals surface area contributed by atoms with Crippen molar-refractivity contribution in [3.63, 3.8) is 0 Å². The van der Waals surface area contributed by atoms with Crippen molar-refractivity contribution in [2.45, 2.75) is 0 Å². The Morgan fingerprint density at radius 1 is 1.00 bits per heavy atom. The van der Waals surface area contributed by atoms with Gasteiger partial charge in [-0.3, -0.25) is 0 Å². The Bertz CT molecular complexity index is 14.0.